The van der Waals surface area contributed by atoms with Gasteiger partial charge in [0.2, 0.25) is 0 Å². The van der Waals surface area contributed by atoms with Gasteiger partial charge in [0, 0.05) is 12.4 Å². The second kappa shape index (κ2) is 3.31. The number of aromatic amines is 1. The maximum absolute atomic E-state index is 6.98. The molecule has 4 heteroatoms. The molecule has 3 nitrogen and oxygen atoms in total. The van der Waals surface area contributed by atoms with Crippen LogP contribution >= 0.6 is 15.9 Å². The lowest BCUT2D eigenvalue weighted by Crippen LogP contribution is -1.75. The summed E-state index contributed by atoms with van der Waals surface area (Å²) in [6, 6.07) is 0. The van der Waals surface area contributed by atoms with Crippen molar-refractivity contribution in [2.24, 2.45) is 0 Å². The van der Waals surface area contributed by atoms with Gasteiger partial charge < -0.3 is 4.98 Å². The van der Waals surface area contributed by atoms with Gasteiger partial charge in [-0.05, 0) is 28.1 Å². The maximum Gasteiger partial charge on any atom is 0.130 e. The summed E-state index contributed by atoms with van der Waals surface area (Å²) in [5.41, 5.74) is 0. The highest BCUT2D eigenvalue weighted by molar-refractivity contribution is 9.18. The third-order valence-corrected chi connectivity index (χ3v) is 1.17. The quantitative estimate of drug-likeness (QED) is 0.702. The average Bonchev–Trinajstić information content (AvgIpc) is 2.34. The zero-order chi connectivity index (χ0) is 7.40. The number of aromatic nitrogens is 2. The molecule has 0 aliphatic carbocycles. The van der Waals surface area contributed by atoms with Gasteiger partial charge >= 0.3 is 0 Å². The summed E-state index contributed by atoms with van der Waals surface area (Å²) in [5.74, 6) is 0.754. The molecule has 0 atom stereocenters. The van der Waals surface area contributed by atoms with E-state index >= 15 is 0 Å². The number of hydrogen-bond acceptors (Lipinski definition) is 2. The van der Waals surface area contributed by atoms with E-state index in [1.165, 1.54) is 0 Å². The predicted octanol–water partition coefficient (Wildman–Crippen LogP) is 1.80. The lowest BCUT2D eigenvalue weighted by molar-refractivity contribution is 1.27. The summed E-state index contributed by atoms with van der Waals surface area (Å²) in [5, 5.41) is 6.98. The average molecular weight is 200 g/mol. The molecule has 0 aliphatic rings. The van der Waals surface area contributed by atoms with Gasteiger partial charge in [-0.3, -0.25) is 5.41 Å². The van der Waals surface area contributed by atoms with Crippen LogP contribution in [0.1, 0.15) is 5.82 Å². The van der Waals surface area contributed by atoms with Crippen LogP contribution < -0.4 is 0 Å². The molecule has 2 N–H and O–H groups in total. The Morgan fingerprint density at radius 2 is 2.60 bits per heavy atom. The summed E-state index contributed by atoms with van der Waals surface area (Å²) in [4.78, 5) is 6.81. The molecule has 1 rings (SSSR count). The van der Waals surface area contributed by atoms with Crippen LogP contribution in [-0.4, -0.2) is 14.6 Å². The normalized spacial score (nSPS) is 10.5. The van der Waals surface area contributed by atoms with E-state index in [0.717, 1.165) is 5.82 Å². The van der Waals surface area contributed by atoms with Gasteiger partial charge in [-0.2, -0.15) is 0 Å². The Morgan fingerprint density at radius 3 is 3.10 bits per heavy atom. The summed E-state index contributed by atoms with van der Waals surface area (Å²) in [6.45, 7) is 0. The van der Waals surface area contributed by atoms with E-state index in [-0.39, 0.29) is 0 Å². The van der Waals surface area contributed by atoms with Gasteiger partial charge in [-0.25, -0.2) is 4.98 Å². The van der Waals surface area contributed by atoms with Crippen molar-refractivity contribution in [3.63, 3.8) is 0 Å². The van der Waals surface area contributed by atoms with E-state index in [1.54, 1.807) is 24.5 Å². The van der Waals surface area contributed by atoms with Gasteiger partial charge in [0.15, 0.2) is 0 Å². The zero-order valence-corrected chi connectivity index (χ0v) is 6.72. The number of hydrogen-bond donors (Lipinski definition) is 2. The first-order chi connectivity index (χ1) is 4.79. The van der Waals surface area contributed by atoms with Crippen LogP contribution in [0.25, 0.3) is 6.08 Å². The van der Waals surface area contributed by atoms with E-state index < -0.39 is 0 Å². The van der Waals surface area contributed by atoms with E-state index in [4.69, 9.17) is 5.41 Å². The predicted molar refractivity (Wildman–Crippen MR) is 44.3 cm³/mol. The molecule has 0 bridgehead atoms. The van der Waals surface area contributed by atoms with E-state index in [9.17, 15) is 0 Å². The molecule has 0 radical (unpaired) electrons. The van der Waals surface area contributed by atoms with Gasteiger partial charge in [0.1, 0.15) is 5.82 Å². The van der Waals surface area contributed by atoms with Gasteiger partial charge in [0.05, 0.1) is 4.62 Å². The SMILES string of the molecule is N=C(Br)/C=C\c1ncc[nH]1. The molecule has 0 saturated carbocycles. The van der Waals surface area contributed by atoms with Crippen molar-refractivity contribution < 1.29 is 0 Å². The van der Waals surface area contributed by atoms with Crippen LogP contribution in [-0.2, 0) is 0 Å². The Balaban J connectivity index is 2.64. The van der Waals surface area contributed by atoms with Crippen molar-refractivity contribution in [3.8, 4) is 0 Å². The van der Waals surface area contributed by atoms with Crippen LogP contribution in [0.15, 0.2) is 18.5 Å². The number of rotatable bonds is 2. The first-order valence-corrected chi connectivity index (χ1v) is 3.50. The first kappa shape index (κ1) is 7.21. The highest BCUT2D eigenvalue weighted by Gasteiger charge is 1.85. The van der Waals surface area contributed by atoms with Gasteiger partial charge in [-0.1, -0.05) is 0 Å². The molecule has 0 aromatic carbocycles. The van der Waals surface area contributed by atoms with Crippen LogP contribution in [0.5, 0.6) is 0 Å². The highest BCUT2D eigenvalue weighted by Crippen LogP contribution is 1.94. The van der Waals surface area contributed by atoms with Crippen LogP contribution in [0, 0.1) is 5.41 Å². The van der Waals surface area contributed by atoms with E-state index in [2.05, 4.69) is 25.9 Å². The number of allylic oxidation sites excluding steroid dienone is 1. The molecule has 1 heterocycles. The fourth-order valence-electron chi connectivity index (χ4n) is 0.521. The number of nitrogens with zero attached hydrogens (tertiary/aromatic N) is 1. The molecule has 0 fully saturated rings. The molecule has 0 amide bonds. The summed E-state index contributed by atoms with van der Waals surface area (Å²) in [6.07, 6.45) is 6.73. The van der Waals surface area contributed by atoms with E-state index in [0.29, 0.717) is 4.62 Å². The molecule has 0 unspecified atom stereocenters. The minimum atomic E-state index is 0.337. The Bertz CT molecular complexity index is 238. The standard InChI is InChI=1S/C6H6BrN3/c7-5(8)1-2-6-9-3-4-10-6/h1-4,8H,(H,9,10)/b2-1-,8-5?. The summed E-state index contributed by atoms with van der Waals surface area (Å²) < 4.78 is 0.337. The van der Waals surface area contributed by atoms with Crippen LogP contribution in [0.3, 0.4) is 0 Å². The number of imidazole rings is 1. The first-order valence-electron chi connectivity index (χ1n) is 2.70. The Kier molecular flexibility index (Phi) is 2.39. The number of halogens is 1. The second-order valence-electron chi connectivity index (χ2n) is 1.66. The molecule has 52 valence electrons. The van der Waals surface area contributed by atoms with Crippen molar-refractivity contribution in [1.82, 2.24) is 9.97 Å². The third-order valence-electron chi connectivity index (χ3n) is 0.907. The molecule has 1 aromatic heterocycles. The Labute approximate surface area is 66.8 Å². The minimum Gasteiger partial charge on any atom is -0.345 e. The molecule has 1 aromatic rings. The monoisotopic (exact) mass is 199 g/mol. The number of nitrogens with one attached hydrogen (secondary N) is 2. The van der Waals surface area contributed by atoms with Crippen molar-refractivity contribution in [3.05, 3.63) is 24.3 Å². The van der Waals surface area contributed by atoms with Gasteiger partial charge in [0.25, 0.3) is 0 Å². The summed E-state index contributed by atoms with van der Waals surface area (Å²) >= 11 is 2.97. The van der Waals surface area contributed by atoms with Crippen molar-refractivity contribution in [2.75, 3.05) is 0 Å². The van der Waals surface area contributed by atoms with Crippen molar-refractivity contribution in [2.45, 2.75) is 0 Å². The smallest absolute Gasteiger partial charge is 0.130 e. The third kappa shape index (κ3) is 2.14. The van der Waals surface area contributed by atoms with Crippen LogP contribution in [0.4, 0.5) is 0 Å². The van der Waals surface area contributed by atoms with Gasteiger partial charge in [-0.15, -0.1) is 0 Å². The largest absolute Gasteiger partial charge is 0.345 e. The fraction of sp³-hybridized carbons (Fsp3) is 0. The molecule has 0 aliphatic heterocycles. The highest BCUT2D eigenvalue weighted by atomic mass is 79.9. The van der Waals surface area contributed by atoms with Crippen molar-refractivity contribution >= 4 is 26.6 Å². The topological polar surface area (TPSA) is 52.5 Å². The second-order valence-corrected chi connectivity index (χ2v) is 2.51. The Morgan fingerprint density at radius 1 is 1.80 bits per heavy atom. The Hall–Kier alpha value is -0.900. The molecule has 0 saturated heterocycles. The fourth-order valence-corrected chi connectivity index (χ4v) is 0.653. The number of H-pyrrole nitrogens is 1. The minimum absolute atomic E-state index is 0.337. The maximum atomic E-state index is 6.98. The lowest BCUT2D eigenvalue weighted by atomic mass is 10.5. The molecule has 10 heavy (non-hydrogen) atoms. The van der Waals surface area contributed by atoms with E-state index in [1.807, 2.05) is 0 Å². The van der Waals surface area contributed by atoms with Crippen molar-refractivity contribution in [1.29, 1.82) is 5.41 Å². The van der Waals surface area contributed by atoms with Crippen LogP contribution in [0.2, 0.25) is 0 Å². The summed E-state index contributed by atoms with van der Waals surface area (Å²) in [7, 11) is 0. The molecular formula is C6H6BrN3. The zero-order valence-electron chi connectivity index (χ0n) is 5.13. The molecule has 0 spiro atoms. The molecular weight excluding hydrogens is 194 g/mol. The lowest BCUT2D eigenvalue weighted by Gasteiger charge is -1.80.